The van der Waals surface area contributed by atoms with Gasteiger partial charge in [0.1, 0.15) is 5.75 Å². The highest BCUT2D eigenvalue weighted by atomic mass is 16.5. The molecular weight excluding hydrogens is 348 g/mol. The maximum atomic E-state index is 13.6. The van der Waals surface area contributed by atoms with Gasteiger partial charge in [0.15, 0.2) is 0 Å². The van der Waals surface area contributed by atoms with E-state index in [1.54, 1.807) is 7.11 Å². The number of amides is 1. The topological polar surface area (TPSA) is 32.8 Å². The van der Waals surface area contributed by atoms with Crippen LogP contribution in [0.15, 0.2) is 48.5 Å². The zero-order chi connectivity index (χ0) is 19.3. The molecule has 0 aliphatic carbocycles. The number of carbonyl (C=O) groups is 1. The molecule has 3 atom stereocenters. The van der Waals surface area contributed by atoms with E-state index in [1.807, 2.05) is 43.3 Å². The Bertz CT molecular complexity index is 870. The van der Waals surface area contributed by atoms with Crippen LogP contribution in [0.1, 0.15) is 40.2 Å². The Morgan fingerprint density at radius 1 is 1.00 bits per heavy atom. The molecule has 4 aliphatic rings. The number of methoxy groups -OCH3 is 1. The van der Waals surface area contributed by atoms with E-state index in [0.717, 1.165) is 23.4 Å². The summed E-state index contributed by atoms with van der Waals surface area (Å²) in [6.45, 7) is 5.19. The van der Waals surface area contributed by atoms with Crippen LogP contribution < -0.4 is 4.74 Å². The van der Waals surface area contributed by atoms with Gasteiger partial charge in [-0.2, -0.15) is 0 Å². The standard InChI is InChI=1S/C24H28N2O2/c1-16-5-3-4-6-20(16)24(27)26-15-21(17-7-9-19(28-2)10-8-17)23-22(26)18-11-13-25(23)14-12-18/h3-10,18,21-23H,11-15H2,1-2H3/t21-,22+,23+/m1/s1. The van der Waals surface area contributed by atoms with E-state index in [2.05, 4.69) is 21.9 Å². The van der Waals surface area contributed by atoms with Gasteiger partial charge in [0.05, 0.1) is 13.2 Å². The lowest BCUT2D eigenvalue weighted by Gasteiger charge is -2.51. The van der Waals surface area contributed by atoms with Crippen LogP contribution in [0.2, 0.25) is 0 Å². The molecule has 4 aliphatic heterocycles. The molecule has 146 valence electrons. The summed E-state index contributed by atoms with van der Waals surface area (Å²) in [7, 11) is 1.70. The summed E-state index contributed by atoms with van der Waals surface area (Å²) >= 11 is 0. The normalized spacial score (nSPS) is 30.9. The predicted octanol–water partition coefficient (Wildman–Crippen LogP) is 3.71. The van der Waals surface area contributed by atoms with E-state index in [9.17, 15) is 4.79 Å². The summed E-state index contributed by atoms with van der Waals surface area (Å²) in [5.74, 6) is 2.09. The number of benzene rings is 2. The quantitative estimate of drug-likeness (QED) is 0.819. The fraction of sp³-hybridized carbons (Fsp3) is 0.458. The van der Waals surface area contributed by atoms with Gasteiger partial charge in [-0.1, -0.05) is 30.3 Å². The third-order valence-electron chi connectivity index (χ3n) is 7.17. The van der Waals surface area contributed by atoms with Crippen molar-refractivity contribution in [1.82, 2.24) is 9.80 Å². The fourth-order valence-electron chi connectivity index (χ4n) is 5.77. The molecule has 4 nitrogen and oxygen atoms in total. The zero-order valence-electron chi connectivity index (χ0n) is 16.7. The average Bonchev–Trinajstić information content (AvgIpc) is 3.17. The largest absolute Gasteiger partial charge is 0.497 e. The predicted molar refractivity (Wildman–Crippen MR) is 110 cm³/mol. The summed E-state index contributed by atoms with van der Waals surface area (Å²) in [5.41, 5.74) is 3.25. The van der Waals surface area contributed by atoms with Gasteiger partial charge in [-0.05, 0) is 68.1 Å². The molecule has 0 saturated carbocycles. The van der Waals surface area contributed by atoms with Gasteiger partial charge < -0.3 is 9.64 Å². The first-order valence-corrected chi connectivity index (χ1v) is 10.4. The van der Waals surface area contributed by atoms with Crippen molar-refractivity contribution in [3.63, 3.8) is 0 Å². The minimum atomic E-state index is 0.206. The first kappa shape index (κ1) is 17.7. The van der Waals surface area contributed by atoms with Crippen LogP contribution in [-0.4, -0.2) is 54.5 Å². The molecule has 1 amide bonds. The van der Waals surface area contributed by atoms with E-state index in [-0.39, 0.29) is 5.91 Å². The van der Waals surface area contributed by atoms with Crippen LogP contribution in [0.3, 0.4) is 0 Å². The van der Waals surface area contributed by atoms with Crippen LogP contribution in [0.25, 0.3) is 0 Å². The van der Waals surface area contributed by atoms with Gasteiger partial charge in [0, 0.05) is 24.1 Å². The lowest BCUT2D eigenvalue weighted by molar-refractivity contribution is -0.00343. The second-order valence-electron chi connectivity index (χ2n) is 8.51. The van der Waals surface area contributed by atoms with E-state index < -0.39 is 0 Å². The van der Waals surface area contributed by atoms with E-state index in [1.165, 1.54) is 31.5 Å². The van der Waals surface area contributed by atoms with E-state index in [4.69, 9.17) is 4.74 Å². The Morgan fingerprint density at radius 2 is 1.71 bits per heavy atom. The highest BCUT2D eigenvalue weighted by Crippen LogP contribution is 2.47. The van der Waals surface area contributed by atoms with Crippen molar-refractivity contribution in [2.45, 2.75) is 37.8 Å². The molecule has 4 heterocycles. The number of rotatable bonds is 3. The number of likely N-dealkylation sites (tertiary alicyclic amines) is 1. The summed E-state index contributed by atoms with van der Waals surface area (Å²) < 4.78 is 5.34. The van der Waals surface area contributed by atoms with Crippen molar-refractivity contribution in [3.05, 3.63) is 65.2 Å². The molecule has 2 aromatic rings. The third-order valence-corrected chi connectivity index (χ3v) is 7.17. The van der Waals surface area contributed by atoms with Gasteiger partial charge in [-0.3, -0.25) is 9.69 Å². The molecule has 0 radical (unpaired) electrons. The Kier molecular flexibility index (Phi) is 4.39. The van der Waals surface area contributed by atoms with Gasteiger partial charge in [0.2, 0.25) is 0 Å². The summed E-state index contributed by atoms with van der Waals surface area (Å²) in [5, 5.41) is 0. The van der Waals surface area contributed by atoms with Crippen molar-refractivity contribution in [1.29, 1.82) is 0 Å². The summed E-state index contributed by atoms with van der Waals surface area (Å²) in [4.78, 5) is 18.4. The van der Waals surface area contributed by atoms with Crippen LogP contribution in [-0.2, 0) is 0 Å². The maximum Gasteiger partial charge on any atom is 0.254 e. The second kappa shape index (κ2) is 6.93. The monoisotopic (exact) mass is 376 g/mol. The van der Waals surface area contributed by atoms with Gasteiger partial charge in [-0.15, -0.1) is 0 Å². The van der Waals surface area contributed by atoms with Gasteiger partial charge in [-0.25, -0.2) is 0 Å². The molecule has 2 aromatic carbocycles. The molecule has 28 heavy (non-hydrogen) atoms. The fourth-order valence-corrected chi connectivity index (χ4v) is 5.77. The van der Waals surface area contributed by atoms with Gasteiger partial charge in [0.25, 0.3) is 5.91 Å². The first-order valence-electron chi connectivity index (χ1n) is 10.4. The minimum Gasteiger partial charge on any atom is -0.497 e. The van der Waals surface area contributed by atoms with Crippen molar-refractivity contribution in [3.8, 4) is 5.75 Å². The van der Waals surface area contributed by atoms with E-state index in [0.29, 0.717) is 23.9 Å². The van der Waals surface area contributed by atoms with Crippen molar-refractivity contribution >= 4 is 5.91 Å². The SMILES string of the molecule is COc1ccc([C@H]2CN(C(=O)c3ccccc3C)[C@H]3C4CCN(CC4)[C@@H]23)cc1. The lowest BCUT2D eigenvalue weighted by atomic mass is 9.75. The van der Waals surface area contributed by atoms with Crippen LogP contribution in [0.5, 0.6) is 5.75 Å². The Balaban J connectivity index is 1.52. The molecule has 0 N–H and O–H groups in total. The smallest absolute Gasteiger partial charge is 0.254 e. The van der Waals surface area contributed by atoms with Crippen LogP contribution >= 0.6 is 0 Å². The number of nitrogens with zero attached hydrogens (tertiary/aromatic N) is 2. The van der Waals surface area contributed by atoms with E-state index >= 15 is 0 Å². The Hall–Kier alpha value is -2.33. The highest BCUT2D eigenvalue weighted by molar-refractivity contribution is 5.96. The summed E-state index contributed by atoms with van der Waals surface area (Å²) in [6, 6.07) is 17.2. The molecule has 6 rings (SSSR count). The van der Waals surface area contributed by atoms with Crippen LogP contribution in [0.4, 0.5) is 0 Å². The van der Waals surface area contributed by atoms with Crippen LogP contribution in [0, 0.1) is 12.8 Å². The van der Waals surface area contributed by atoms with Crippen molar-refractivity contribution in [2.75, 3.05) is 26.7 Å². The molecule has 4 saturated heterocycles. The molecule has 2 bridgehead atoms. The number of hydrogen-bond acceptors (Lipinski definition) is 3. The number of fused-ring (bicyclic) bond motifs is 2. The Morgan fingerprint density at radius 3 is 2.39 bits per heavy atom. The zero-order valence-corrected chi connectivity index (χ0v) is 16.7. The first-order chi connectivity index (χ1) is 13.7. The third kappa shape index (κ3) is 2.74. The number of piperidine rings is 3. The molecule has 0 spiro atoms. The lowest BCUT2D eigenvalue weighted by Crippen LogP contribution is -2.60. The van der Waals surface area contributed by atoms with Crippen molar-refractivity contribution < 1.29 is 9.53 Å². The van der Waals surface area contributed by atoms with Crippen molar-refractivity contribution in [2.24, 2.45) is 5.92 Å². The maximum absolute atomic E-state index is 13.6. The van der Waals surface area contributed by atoms with Gasteiger partial charge >= 0.3 is 0 Å². The molecular formula is C24H28N2O2. The number of hydrogen-bond donors (Lipinski definition) is 0. The minimum absolute atomic E-state index is 0.206. The number of carbonyl (C=O) groups excluding carboxylic acids is 1. The molecule has 0 aromatic heterocycles. The number of ether oxygens (including phenoxy) is 1. The Labute approximate surface area is 167 Å². The molecule has 4 fully saturated rings. The second-order valence-corrected chi connectivity index (χ2v) is 8.51. The molecule has 0 unspecified atom stereocenters. The summed E-state index contributed by atoms with van der Waals surface area (Å²) in [6.07, 6.45) is 2.43. The average molecular weight is 377 g/mol. The highest BCUT2D eigenvalue weighted by Gasteiger charge is 2.54. The molecule has 4 heteroatoms. The number of aryl methyl sites for hydroxylation is 1.